The van der Waals surface area contributed by atoms with Crippen LogP contribution in [0.1, 0.15) is 33.6 Å². The summed E-state index contributed by atoms with van der Waals surface area (Å²) in [6.07, 6.45) is 6.57. The van der Waals surface area contributed by atoms with Crippen LogP contribution in [0.3, 0.4) is 0 Å². The van der Waals surface area contributed by atoms with E-state index in [1.165, 1.54) is 6.42 Å². The largest absolute Gasteiger partial charge is 0.498 e. The average Bonchev–Trinajstić information content (AvgIpc) is 2.06. The van der Waals surface area contributed by atoms with Gasteiger partial charge in [0.1, 0.15) is 0 Å². The second-order valence-electron chi connectivity index (χ2n) is 3.46. The van der Waals surface area contributed by atoms with Crippen molar-refractivity contribution in [3.63, 3.8) is 0 Å². The molecule has 0 aromatic carbocycles. The fourth-order valence-electron chi connectivity index (χ4n) is 1.42. The van der Waals surface area contributed by atoms with Crippen LogP contribution >= 0.6 is 0 Å². The van der Waals surface area contributed by atoms with E-state index in [9.17, 15) is 0 Å². The van der Waals surface area contributed by atoms with E-state index < -0.39 is 0 Å². The van der Waals surface area contributed by atoms with Crippen molar-refractivity contribution in [3.8, 4) is 0 Å². The van der Waals surface area contributed by atoms with E-state index in [0.29, 0.717) is 5.92 Å². The summed E-state index contributed by atoms with van der Waals surface area (Å²) in [5, 5.41) is 0. The molecule has 0 heterocycles. The Hall–Kier alpha value is -0.720. The molecule has 68 valence electrons. The lowest BCUT2D eigenvalue weighted by Crippen LogP contribution is -2.01. The fourth-order valence-corrected chi connectivity index (χ4v) is 1.42. The van der Waals surface area contributed by atoms with Gasteiger partial charge < -0.3 is 4.74 Å². The van der Waals surface area contributed by atoms with Crippen molar-refractivity contribution in [2.45, 2.75) is 33.6 Å². The SMILES string of the molecule is CCOC1=CC=C(C(C)C)CC1. The standard InChI is InChI=1S/C11H18O/c1-4-12-11-7-5-10(6-8-11)9(2)3/h5,7,9H,4,6,8H2,1-3H3. The van der Waals surface area contributed by atoms with Gasteiger partial charge in [-0.25, -0.2) is 0 Å². The number of ether oxygens (including phenoxy) is 1. The Bertz CT molecular complexity index is 199. The van der Waals surface area contributed by atoms with Crippen LogP contribution in [0.5, 0.6) is 0 Å². The van der Waals surface area contributed by atoms with Gasteiger partial charge in [-0.2, -0.15) is 0 Å². The molecule has 0 aliphatic heterocycles. The first-order valence-corrected chi connectivity index (χ1v) is 4.76. The molecule has 0 saturated heterocycles. The van der Waals surface area contributed by atoms with Gasteiger partial charge in [0, 0.05) is 6.42 Å². The van der Waals surface area contributed by atoms with Crippen LogP contribution in [0, 0.1) is 5.92 Å². The summed E-state index contributed by atoms with van der Waals surface area (Å²) in [4.78, 5) is 0. The normalized spacial score (nSPS) is 17.3. The van der Waals surface area contributed by atoms with Gasteiger partial charge in [0.15, 0.2) is 0 Å². The molecule has 0 aromatic rings. The lowest BCUT2D eigenvalue weighted by molar-refractivity contribution is 0.217. The Morgan fingerprint density at radius 1 is 1.33 bits per heavy atom. The van der Waals surface area contributed by atoms with Gasteiger partial charge in [-0.1, -0.05) is 25.5 Å². The van der Waals surface area contributed by atoms with Crippen molar-refractivity contribution < 1.29 is 4.74 Å². The van der Waals surface area contributed by atoms with Crippen LogP contribution in [-0.2, 0) is 4.74 Å². The lowest BCUT2D eigenvalue weighted by atomic mass is 9.94. The first-order valence-electron chi connectivity index (χ1n) is 4.76. The zero-order valence-electron chi connectivity index (χ0n) is 8.26. The fraction of sp³-hybridized carbons (Fsp3) is 0.636. The summed E-state index contributed by atoms with van der Waals surface area (Å²) in [7, 11) is 0. The third-order valence-corrected chi connectivity index (χ3v) is 2.21. The second-order valence-corrected chi connectivity index (χ2v) is 3.46. The van der Waals surface area contributed by atoms with Gasteiger partial charge in [0.25, 0.3) is 0 Å². The van der Waals surface area contributed by atoms with Gasteiger partial charge >= 0.3 is 0 Å². The molecule has 0 N–H and O–H groups in total. The highest BCUT2D eigenvalue weighted by atomic mass is 16.5. The predicted octanol–water partition coefficient (Wildman–Crippen LogP) is 3.28. The van der Waals surface area contributed by atoms with Crippen LogP contribution in [0.4, 0.5) is 0 Å². The Balaban J connectivity index is 2.54. The van der Waals surface area contributed by atoms with Gasteiger partial charge in [0.2, 0.25) is 0 Å². The summed E-state index contributed by atoms with van der Waals surface area (Å²) in [5.41, 5.74) is 1.54. The molecule has 0 saturated carbocycles. The third kappa shape index (κ3) is 2.40. The molecule has 1 aliphatic carbocycles. The minimum atomic E-state index is 0.685. The maximum Gasteiger partial charge on any atom is 0.0962 e. The Kier molecular flexibility index (Phi) is 3.39. The summed E-state index contributed by atoms with van der Waals surface area (Å²) >= 11 is 0. The summed E-state index contributed by atoms with van der Waals surface area (Å²) in [5.74, 6) is 1.83. The van der Waals surface area contributed by atoms with Crippen molar-refractivity contribution in [2.24, 2.45) is 5.92 Å². The molecule has 0 radical (unpaired) electrons. The van der Waals surface area contributed by atoms with Gasteiger partial charge in [-0.3, -0.25) is 0 Å². The first kappa shape index (κ1) is 9.37. The molecule has 1 nitrogen and oxygen atoms in total. The molecule has 0 bridgehead atoms. The van der Waals surface area contributed by atoms with E-state index in [0.717, 1.165) is 18.8 Å². The smallest absolute Gasteiger partial charge is 0.0962 e. The highest BCUT2D eigenvalue weighted by molar-refractivity contribution is 5.22. The molecule has 0 atom stereocenters. The van der Waals surface area contributed by atoms with Crippen LogP contribution < -0.4 is 0 Å². The molecule has 0 unspecified atom stereocenters. The molecular formula is C11H18O. The minimum absolute atomic E-state index is 0.685. The van der Waals surface area contributed by atoms with Crippen LogP contribution in [0.15, 0.2) is 23.5 Å². The highest BCUT2D eigenvalue weighted by Gasteiger charge is 2.08. The Morgan fingerprint density at radius 2 is 2.08 bits per heavy atom. The third-order valence-electron chi connectivity index (χ3n) is 2.21. The van der Waals surface area contributed by atoms with Crippen molar-refractivity contribution in [3.05, 3.63) is 23.5 Å². The quantitative estimate of drug-likeness (QED) is 0.625. The van der Waals surface area contributed by atoms with Crippen LogP contribution in [0.25, 0.3) is 0 Å². The monoisotopic (exact) mass is 166 g/mol. The van der Waals surface area contributed by atoms with E-state index in [1.54, 1.807) is 5.57 Å². The van der Waals surface area contributed by atoms with Gasteiger partial charge in [0.05, 0.1) is 12.4 Å². The van der Waals surface area contributed by atoms with Gasteiger partial charge in [-0.05, 0) is 25.3 Å². The first-order chi connectivity index (χ1) is 5.74. The molecular weight excluding hydrogens is 148 g/mol. The molecule has 1 heteroatoms. The lowest BCUT2D eigenvalue weighted by Gasteiger charge is -2.17. The predicted molar refractivity (Wildman–Crippen MR) is 51.9 cm³/mol. The maximum atomic E-state index is 5.43. The number of hydrogen-bond acceptors (Lipinski definition) is 1. The van der Waals surface area contributed by atoms with Crippen molar-refractivity contribution in [2.75, 3.05) is 6.61 Å². The molecule has 12 heavy (non-hydrogen) atoms. The zero-order chi connectivity index (χ0) is 8.97. The van der Waals surface area contributed by atoms with Crippen molar-refractivity contribution in [1.82, 2.24) is 0 Å². The molecule has 1 rings (SSSR count). The Labute approximate surface area is 75.1 Å². The number of allylic oxidation sites excluding steroid dienone is 4. The van der Waals surface area contributed by atoms with E-state index in [4.69, 9.17) is 4.74 Å². The summed E-state index contributed by atoms with van der Waals surface area (Å²) in [6, 6.07) is 0. The van der Waals surface area contributed by atoms with Crippen LogP contribution in [-0.4, -0.2) is 6.61 Å². The van der Waals surface area contributed by atoms with E-state index in [1.807, 2.05) is 6.92 Å². The topological polar surface area (TPSA) is 9.23 Å². The number of rotatable bonds is 3. The summed E-state index contributed by atoms with van der Waals surface area (Å²) < 4.78 is 5.43. The van der Waals surface area contributed by atoms with E-state index >= 15 is 0 Å². The highest BCUT2D eigenvalue weighted by Crippen LogP contribution is 2.24. The minimum Gasteiger partial charge on any atom is -0.498 e. The summed E-state index contributed by atoms with van der Waals surface area (Å²) in [6.45, 7) is 7.30. The van der Waals surface area contributed by atoms with E-state index in [2.05, 4.69) is 26.0 Å². The molecule has 1 aliphatic rings. The van der Waals surface area contributed by atoms with Crippen LogP contribution in [0.2, 0.25) is 0 Å². The molecule has 0 aromatic heterocycles. The molecule has 0 spiro atoms. The Morgan fingerprint density at radius 3 is 2.50 bits per heavy atom. The van der Waals surface area contributed by atoms with Crippen molar-refractivity contribution >= 4 is 0 Å². The second kappa shape index (κ2) is 4.34. The molecule has 0 amide bonds. The van der Waals surface area contributed by atoms with Crippen molar-refractivity contribution in [1.29, 1.82) is 0 Å². The van der Waals surface area contributed by atoms with E-state index in [-0.39, 0.29) is 0 Å². The maximum absolute atomic E-state index is 5.43. The number of hydrogen-bond donors (Lipinski definition) is 0. The average molecular weight is 166 g/mol. The molecule has 0 fully saturated rings. The van der Waals surface area contributed by atoms with Gasteiger partial charge in [-0.15, -0.1) is 0 Å². The zero-order valence-corrected chi connectivity index (χ0v) is 8.26.